The number of ether oxygens (including phenoxy) is 1. The predicted molar refractivity (Wildman–Crippen MR) is 55.8 cm³/mol. The summed E-state index contributed by atoms with van der Waals surface area (Å²) in [6.45, 7) is 0.667. The SMILES string of the molecule is COC(=O)CCCCCCN=C(N)N. The van der Waals surface area contributed by atoms with Gasteiger partial charge in [-0.2, -0.15) is 0 Å². The fourth-order valence-corrected chi connectivity index (χ4v) is 1.04. The second-order valence-electron chi connectivity index (χ2n) is 3.05. The standard InChI is InChI=1S/C9H19N3O2/c1-14-8(13)6-4-2-3-5-7-12-9(10)11/h2-7H2,1H3,(H4,10,11,12). The lowest BCUT2D eigenvalue weighted by atomic mass is 10.1. The van der Waals surface area contributed by atoms with Crippen molar-refractivity contribution in [2.45, 2.75) is 32.1 Å². The molecule has 0 heterocycles. The minimum Gasteiger partial charge on any atom is -0.469 e. The number of nitrogens with two attached hydrogens (primary N) is 2. The number of hydrogen-bond donors (Lipinski definition) is 2. The monoisotopic (exact) mass is 201 g/mol. The highest BCUT2D eigenvalue weighted by Gasteiger charge is 1.98. The Morgan fingerprint density at radius 2 is 1.86 bits per heavy atom. The first-order valence-electron chi connectivity index (χ1n) is 4.79. The van der Waals surface area contributed by atoms with Crippen LogP contribution >= 0.6 is 0 Å². The molecule has 0 saturated carbocycles. The van der Waals surface area contributed by atoms with Crippen LogP contribution in [0.1, 0.15) is 32.1 Å². The molecule has 0 aliphatic carbocycles. The molecule has 0 aliphatic heterocycles. The molecule has 82 valence electrons. The number of carbonyl (C=O) groups excluding carboxylic acids is 1. The van der Waals surface area contributed by atoms with Gasteiger partial charge in [0.05, 0.1) is 7.11 Å². The summed E-state index contributed by atoms with van der Waals surface area (Å²) in [5, 5.41) is 0. The van der Waals surface area contributed by atoms with Crippen LogP contribution in [0, 0.1) is 0 Å². The summed E-state index contributed by atoms with van der Waals surface area (Å²) in [6.07, 6.45) is 4.37. The summed E-state index contributed by atoms with van der Waals surface area (Å²) < 4.78 is 4.52. The first kappa shape index (κ1) is 12.7. The van der Waals surface area contributed by atoms with E-state index in [-0.39, 0.29) is 11.9 Å². The Kier molecular flexibility index (Phi) is 7.59. The maximum Gasteiger partial charge on any atom is 0.305 e. The Bertz CT molecular complexity index is 188. The zero-order chi connectivity index (χ0) is 10.8. The highest BCUT2D eigenvalue weighted by molar-refractivity contribution is 5.75. The molecular formula is C9H19N3O2. The summed E-state index contributed by atoms with van der Waals surface area (Å²) in [4.78, 5) is 14.6. The zero-order valence-electron chi connectivity index (χ0n) is 8.66. The summed E-state index contributed by atoms with van der Waals surface area (Å²) in [6, 6.07) is 0. The first-order valence-corrected chi connectivity index (χ1v) is 4.79. The first-order chi connectivity index (χ1) is 6.66. The normalized spacial score (nSPS) is 9.50. The van der Waals surface area contributed by atoms with Crippen LogP contribution < -0.4 is 11.5 Å². The van der Waals surface area contributed by atoms with Crippen LogP contribution in [0.5, 0.6) is 0 Å². The smallest absolute Gasteiger partial charge is 0.305 e. The molecule has 5 nitrogen and oxygen atoms in total. The number of unbranched alkanes of at least 4 members (excludes halogenated alkanes) is 3. The molecule has 0 aliphatic rings. The second kappa shape index (κ2) is 8.34. The number of methoxy groups -OCH3 is 1. The number of nitrogens with zero attached hydrogens (tertiary/aromatic N) is 1. The third-order valence-corrected chi connectivity index (χ3v) is 1.81. The van der Waals surface area contributed by atoms with Gasteiger partial charge in [0.1, 0.15) is 0 Å². The van der Waals surface area contributed by atoms with Crippen LogP contribution in [0.2, 0.25) is 0 Å². The summed E-state index contributed by atoms with van der Waals surface area (Å²) in [5.41, 5.74) is 10.3. The third-order valence-electron chi connectivity index (χ3n) is 1.81. The Balaban J connectivity index is 3.14. The molecule has 0 radical (unpaired) electrons. The van der Waals surface area contributed by atoms with Crippen molar-refractivity contribution in [3.05, 3.63) is 0 Å². The molecule has 5 heteroatoms. The molecule has 0 atom stereocenters. The summed E-state index contributed by atoms with van der Waals surface area (Å²) >= 11 is 0. The molecular weight excluding hydrogens is 182 g/mol. The number of aliphatic imine (C=N–C) groups is 1. The molecule has 0 amide bonds. The molecule has 0 aromatic rings. The van der Waals surface area contributed by atoms with Crippen molar-refractivity contribution in [3.8, 4) is 0 Å². The van der Waals surface area contributed by atoms with Crippen molar-refractivity contribution in [3.63, 3.8) is 0 Å². The van der Waals surface area contributed by atoms with Gasteiger partial charge in [0.15, 0.2) is 5.96 Å². The van der Waals surface area contributed by atoms with Crippen molar-refractivity contribution < 1.29 is 9.53 Å². The summed E-state index contributed by atoms with van der Waals surface area (Å²) in [7, 11) is 1.40. The average Bonchev–Trinajstić information content (AvgIpc) is 2.15. The van der Waals surface area contributed by atoms with Crippen molar-refractivity contribution in [1.82, 2.24) is 0 Å². The van der Waals surface area contributed by atoms with E-state index in [0.717, 1.165) is 25.7 Å². The largest absolute Gasteiger partial charge is 0.469 e. The van der Waals surface area contributed by atoms with Crippen molar-refractivity contribution in [2.24, 2.45) is 16.5 Å². The minimum atomic E-state index is -0.144. The molecule has 0 aromatic heterocycles. The fourth-order valence-electron chi connectivity index (χ4n) is 1.04. The minimum absolute atomic E-state index is 0.138. The molecule has 0 spiro atoms. The predicted octanol–water partition coefficient (Wildman–Crippen LogP) is 0.383. The quantitative estimate of drug-likeness (QED) is 0.270. The molecule has 4 N–H and O–H groups in total. The van der Waals surface area contributed by atoms with Gasteiger partial charge >= 0.3 is 5.97 Å². The molecule has 0 unspecified atom stereocenters. The van der Waals surface area contributed by atoms with Gasteiger partial charge in [-0.05, 0) is 12.8 Å². The van der Waals surface area contributed by atoms with E-state index in [9.17, 15) is 4.79 Å². The molecule has 0 rings (SSSR count). The van der Waals surface area contributed by atoms with Crippen molar-refractivity contribution >= 4 is 11.9 Å². The van der Waals surface area contributed by atoms with E-state index in [1.807, 2.05) is 0 Å². The number of rotatable bonds is 7. The lowest BCUT2D eigenvalue weighted by Gasteiger charge is -1.99. The van der Waals surface area contributed by atoms with E-state index in [0.29, 0.717) is 13.0 Å². The van der Waals surface area contributed by atoms with Crippen molar-refractivity contribution in [1.29, 1.82) is 0 Å². The maximum atomic E-state index is 10.7. The Labute approximate surface area is 84.5 Å². The van der Waals surface area contributed by atoms with Gasteiger partial charge in [-0.1, -0.05) is 12.8 Å². The highest BCUT2D eigenvalue weighted by atomic mass is 16.5. The molecule has 14 heavy (non-hydrogen) atoms. The van der Waals surface area contributed by atoms with Gasteiger partial charge in [-0.15, -0.1) is 0 Å². The van der Waals surface area contributed by atoms with Gasteiger partial charge in [0, 0.05) is 13.0 Å². The van der Waals surface area contributed by atoms with Gasteiger partial charge in [0.25, 0.3) is 0 Å². The zero-order valence-corrected chi connectivity index (χ0v) is 8.66. The lowest BCUT2D eigenvalue weighted by molar-refractivity contribution is -0.140. The summed E-state index contributed by atoms with van der Waals surface area (Å²) in [5.74, 6) is -0.00576. The molecule has 0 fully saturated rings. The average molecular weight is 201 g/mol. The molecule has 0 saturated heterocycles. The number of hydrogen-bond acceptors (Lipinski definition) is 3. The van der Waals surface area contributed by atoms with Crippen LogP contribution in [0.15, 0.2) is 4.99 Å². The Morgan fingerprint density at radius 3 is 2.43 bits per heavy atom. The second-order valence-corrected chi connectivity index (χ2v) is 3.05. The number of guanidine groups is 1. The van der Waals surface area contributed by atoms with E-state index < -0.39 is 0 Å². The topological polar surface area (TPSA) is 90.7 Å². The van der Waals surface area contributed by atoms with Crippen LogP contribution in [0.3, 0.4) is 0 Å². The van der Waals surface area contributed by atoms with E-state index in [4.69, 9.17) is 11.5 Å². The van der Waals surface area contributed by atoms with Crippen LogP contribution in [0.4, 0.5) is 0 Å². The van der Waals surface area contributed by atoms with Gasteiger partial charge in [-0.25, -0.2) is 0 Å². The third kappa shape index (κ3) is 8.83. The fraction of sp³-hybridized carbons (Fsp3) is 0.778. The van der Waals surface area contributed by atoms with E-state index >= 15 is 0 Å². The van der Waals surface area contributed by atoms with E-state index in [2.05, 4.69) is 9.73 Å². The van der Waals surface area contributed by atoms with Gasteiger partial charge < -0.3 is 16.2 Å². The van der Waals surface area contributed by atoms with E-state index in [1.54, 1.807) is 0 Å². The Hall–Kier alpha value is -1.26. The number of esters is 1. The number of carbonyl (C=O) groups is 1. The molecule has 0 bridgehead atoms. The van der Waals surface area contributed by atoms with E-state index in [1.165, 1.54) is 7.11 Å². The maximum absolute atomic E-state index is 10.7. The van der Waals surface area contributed by atoms with Crippen LogP contribution in [0.25, 0.3) is 0 Å². The van der Waals surface area contributed by atoms with Gasteiger partial charge in [0.2, 0.25) is 0 Å². The lowest BCUT2D eigenvalue weighted by Crippen LogP contribution is -2.22. The Morgan fingerprint density at radius 1 is 1.21 bits per heavy atom. The van der Waals surface area contributed by atoms with Gasteiger partial charge in [-0.3, -0.25) is 9.79 Å². The van der Waals surface area contributed by atoms with Crippen molar-refractivity contribution in [2.75, 3.05) is 13.7 Å². The molecule has 0 aromatic carbocycles. The highest BCUT2D eigenvalue weighted by Crippen LogP contribution is 2.03. The van der Waals surface area contributed by atoms with Crippen LogP contribution in [-0.2, 0) is 9.53 Å². The van der Waals surface area contributed by atoms with Crippen LogP contribution in [-0.4, -0.2) is 25.6 Å².